The van der Waals surface area contributed by atoms with Gasteiger partial charge in [-0.2, -0.15) is 0 Å². The summed E-state index contributed by atoms with van der Waals surface area (Å²) in [6.07, 6.45) is 18.3. The molecule has 2 saturated heterocycles. The van der Waals surface area contributed by atoms with Crippen molar-refractivity contribution in [1.29, 1.82) is 0 Å². The molecular weight excluding hydrogens is 617 g/mol. The number of benzene rings is 1. The van der Waals surface area contributed by atoms with Gasteiger partial charge in [-0.3, -0.25) is 4.90 Å². The normalized spacial score (nSPS) is 45.0. The van der Waals surface area contributed by atoms with E-state index in [4.69, 9.17) is 4.74 Å². The summed E-state index contributed by atoms with van der Waals surface area (Å²) in [5.41, 5.74) is 5.63. The fourth-order valence-corrected chi connectivity index (χ4v) is 15.1. The van der Waals surface area contributed by atoms with E-state index in [9.17, 15) is 9.90 Å². The van der Waals surface area contributed by atoms with Crippen molar-refractivity contribution >= 4 is 11.5 Å². The van der Waals surface area contributed by atoms with Crippen LogP contribution >= 0.6 is 0 Å². The van der Waals surface area contributed by atoms with Crippen LogP contribution in [0.2, 0.25) is 0 Å². The fraction of sp³-hybridized carbons (Fsp3) is 0.756. The SMILES string of the molecule is C=C(C)[C@@H]1CC[C@]2(NCCN3[C@@H]4CCC[C@H]3COC4)CC[C@]3(C)[C@H](CC[C@@H]4[C@@]5(C)CC=C(c6ccc(C(=O)O)cc6)C(C)(C)[C@@H]5CC[C@]43C)[C@@H]12. The molecule has 5 aliphatic carbocycles. The van der Waals surface area contributed by atoms with E-state index in [0.717, 1.165) is 32.1 Å². The van der Waals surface area contributed by atoms with E-state index in [1.165, 1.54) is 93.9 Å². The van der Waals surface area contributed by atoms with Crippen molar-refractivity contribution in [1.82, 2.24) is 10.2 Å². The maximum absolute atomic E-state index is 11.6. The Hall–Kier alpha value is -1.95. The number of rotatable bonds is 7. The van der Waals surface area contributed by atoms with Gasteiger partial charge in [-0.05, 0) is 152 Å². The maximum atomic E-state index is 11.6. The first-order valence-electron chi connectivity index (χ1n) is 20.5. The lowest BCUT2D eigenvalue weighted by atomic mass is 9.33. The van der Waals surface area contributed by atoms with E-state index in [1.54, 1.807) is 12.1 Å². The van der Waals surface area contributed by atoms with Crippen LogP contribution in [0.4, 0.5) is 0 Å². The number of nitrogens with zero attached hydrogens (tertiary/aromatic N) is 1. The number of piperidine rings is 1. The third kappa shape index (κ3) is 5.05. The van der Waals surface area contributed by atoms with Gasteiger partial charge in [0.15, 0.2) is 0 Å². The number of aromatic carboxylic acids is 1. The van der Waals surface area contributed by atoms with Crippen molar-refractivity contribution < 1.29 is 14.6 Å². The Labute approximate surface area is 303 Å². The van der Waals surface area contributed by atoms with Crippen LogP contribution in [-0.2, 0) is 4.74 Å². The van der Waals surface area contributed by atoms with Crippen LogP contribution in [0.1, 0.15) is 135 Å². The Morgan fingerprint density at radius 2 is 1.62 bits per heavy atom. The molecule has 5 nitrogen and oxygen atoms in total. The number of ether oxygens (including phenoxy) is 1. The Kier molecular flexibility index (Phi) is 8.64. The highest BCUT2D eigenvalue weighted by atomic mass is 16.5. The van der Waals surface area contributed by atoms with Gasteiger partial charge in [-0.1, -0.05) is 71.4 Å². The number of nitrogens with one attached hydrogen (secondary N) is 1. The number of carboxylic acid groups (broad SMARTS) is 1. The standard InChI is InChI=1S/C45H66N2O3/c1-29(2)34-17-22-45(46-25-26-47-32-9-8-10-33(47)28-50-27-32)24-23-43(6)36(39(34)45)15-16-38-42(5)20-18-35(30-11-13-31(14-12-30)40(48)49)41(3,4)37(42)19-21-44(38,43)7/h11-14,18,32-34,36-39,46H,1,8-10,15-17,19-28H2,2-7H3,(H,48,49)/t32-,33+,34-,36+,37-,38+,39+,42-,43+,44+,45-/m0/s1. The largest absolute Gasteiger partial charge is 0.478 e. The molecule has 2 bridgehead atoms. The Balaban J connectivity index is 1.06. The topological polar surface area (TPSA) is 61.8 Å². The number of morpholine rings is 1. The van der Waals surface area contributed by atoms with Gasteiger partial charge < -0.3 is 15.2 Å². The Bertz CT molecular complexity index is 1510. The quantitative estimate of drug-likeness (QED) is 0.281. The molecule has 0 amide bonds. The first kappa shape index (κ1) is 35.1. The number of fused-ring (bicyclic) bond motifs is 9. The van der Waals surface area contributed by atoms with Crippen LogP contribution in [0, 0.1) is 51.2 Å². The second-order valence-corrected chi connectivity index (χ2v) is 19.7. The van der Waals surface area contributed by atoms with Crippen molar-refractivity contribution in [2.45, 2.75) is 136 Å². The van der Waals surface area contributed by atoms with Crippen molar-refractivity contribution in [3.63, 3.8) is 0 Å². The molecule has 1 aromatic carbocycles. The minimum atomic E-state index is -0.852. The maximum Gasteiger partial charge on any atom is 0.335 e. The van der Waals surface area contributed by atoms with E-state index in [-0.39, 0.29) is 16.4 Å². The number of hydrogen-bond acceptors (Lipinski definition) is 4. The van der Waals surface area contributed by atoms with Crippen LogP contribution in [0.25, 0.3) is 5.57 Å². The summed E-state index contributed by atoms with van der Waals surface area (Å²) >= 11 is 0. The summed E-state index contributed by atoms with van der Waals surface area (Å²) in [7, 11) is 0. The van der Waals surface area contributed by atoms with Crippen LogP contribution in [0.15, 0.2) is 42.5 Å². The van der Waals surface area contributed by atoms with E-state index >= 15 is 0 Å². The average Bonchev–Trinajstić information content (AvgIpc) is 3.45. The number of hydrogen-bond donors (Lipinski definition) is 2. The van der Waals surface area contributed by atoms with Gasteiger partial charge in [-0.15, -0.1) is 0 Å². The smallest absolute Gasteiger partial charge is 0.335 e. The summed E-state index contributed by atoms with van der Waals surface area (Å²) in [4.78, 5) is 14.4. The van der Waals surface area contributed by atoms with Gasteiger partial charge in [0.1, 0.15) is 0 Å². The fourth-order valence-electron chi connectivity index (χ4n) is 15.1. The van der Waals surface area contributed by atoms with Gasteiger partial charge in [0.05, 0.1) is 18.8 Å². The zero-order chi connectivity index (χ0) is 35.3. The lowest BCUT2D eigenvalue weighted by Gasteiger charge is -2.72. The molecule has 11 atom stereocenters. The molecule has 8 rings (SSSR count). The van der Waals surface area contributed by atoms with Crippen molar-refractivity contribution in [3.05, 3.63) is 53.6 Å². The third-order valence-corrected chi connectivity index (χ3v) is 17.6. The van der Waals surface area contributed by atoms with Gasteiger partial charge in [-0.25, -0.2) is 4.79 Å². The lowest BCUT2D eigenvalue weighted by Crippen LogP contribution is -2.68. The second kappa shape index (κ2) is 12.3. The molecular formula is C45H66N2O3. The Morgan fingerprint density at radius 1 is 0.900 bits per heavy atom. The molecule has 0 spiro atoms. The minimum absolute atomic E-state index is 0.0396. The molecule has 50 heavy (non-hydrogen) atoms. The van der Waals surface area contributed by atoms with Gasteiger partial charge in [0, 0.05) is 30.7 Å². The second-order valence-electron chi connectivity index (χ2n) is 19.7. The molecule has 6 fully saturated rings. The highest BCUT2D eigenvalue weighted by molar-refractivity contribution is 5.88. The summed E-state index contributed by atoms with van der Waals surface area (Å²) in [5, 5.41) is 13.9. The molecule has 2 N–H and O–H groups in total. The first-order chi connectivity index (χ1) is 23.8. The van der Waals surface area contributed by atoms with Gasteiger partial charge in [0.25, 0.3) is 0 Å². The summed E-state index contributed by atoms with van der Waals surface area (Å²) in [6, 6.07) is 8.92. The summed E-state index contributed by atoms with van der Waals surface area (Å²) in [6.45, 7) is 24.3. The van der Waals surface area contributed by atoms with Crippen molar-refractivity contribution in [2.24, 2.45) is 51.2 Å². The van der Waals surface area contributed by atoms with Crippen molar-refractivity contribution in [2.75, 3.05) is 26.3 Å². The first-order valence-corrected chi connectivity index (χ1v) is 20.5. The van der Waals surface area contributed by atoms with Crippen LogP contribution in [0.5, 0.6) is 0 Å². The molecule has 7 aliphatic rings. The number of carboxylic acids is 1. The lowest BCUT2D eigenvalue weighted by molar-refractivity contribution is -0.219. The van der Waals surface area contributed by atoms with E-state index in [2.05, 4.69) is 64.4 Å². The monoisotopic (exact) mass is 683 g/mol. The number of carbonyl (C=O) groups is 1. The Morgan fingerprint density at radius 3 is 2.30 bits per heavy atom. The van der Waals surface area contributed by atoms with Crippen LogP contribution in [0.3, 0.4) is 0 Å². The van der Waals surface area contributed by atoms with E-state index in [1.807, 2.05) is 12.1 Å². The predicted octanol–water partition coefficient (Wildman–Crippen LogP) is 9.63. The third-order valence-electron chi connectivity index (χ3n) is 17.6. The minimum Gasteiger partial charge on any atom is -0.478 e. The highest BCUT2D eigenvalue weighted by Crippen LogP contribution is 2.76. The molecule has 2 aliphatic heterocycles. The molecule has 0 aromatic heterocycles. The summed E-state index contributed by atoms with van der Waals surface area (Å²) < 4.78 is 5.99. The average molecular weight is 683 g/mol. The van der Waals surface area contributed by atoms with E-state index in [0.29, 0.717) is 52.1 Å². The molecule has 274 valence electrons. The molecule has 5 heteroatoms. The summed E-state index contributed by atoms with van der Waals surface area (Å²) in [5.74, 6) is 2.54. The van der Waals surface area contributed by atoms with Gasteiger partial charge >= 0.3 is 5.97 Å². The molecule has 4 saturated carbocycles. The molecule has 0 radical (unpaired) electrons. The highest BCUT2D eigenvalue weighted by Gasteiger charge is 2.70. The number of allylic oxidation sites excluding steroid dienone is 3. The van der Waals surface area contributed by atoms with Gasteiger partial charge in [0.2, 0.25) is 0 Å². The van der Waals surface area contributed by atoms with E-state index < -0.39 is 5.97 Å². The predicted molar refractivity (Wildman–Crippen MR) is 203 cm³/mol. The molecule has 1 aromatic rings. The van der Waals surface area contributed by atoms with Crippen LogP contribution < -0.4 is 5.32 Å². The molecule has 2 heterocycles. The van der Waals surface area contributed by atoms with Crippen LogP contribution in [-0.4, -0.2) is 59.9 Å². The van der Waals surface area contributed by atoms with Crippen molar-refractivity contribution in [3.8, 4) is 0 Å². The zero-order valence-electron chi connectivity index (χ0n) is 32.2. The molecule has 0 unspecified atom stereocenters. The zero-order valence-corrected chi connectivity index (χ0v) is 32.2.